The predicted molar refractivity (Wildman–Crippen MR) is 129 cm³/mol. The summed E-state index contributed by atoms with van der Waals surface area (Å²) in [7, 11) is 3.28. The van der Waals surface area contributed by atoms with Crippen molar-refractivity contribution in [2.24, 2.45) is 0 Å². The molecule has 1 N–H and O–H groups in total. The number of nitrogens with zero attached hydrogens (tertiary/aromatic N) is 2. The maximum absolute atomic E-state index is 13.5. The van der Waals surface area contributed by atoms with Crippen LogP contribution in [0.3, 0.4) is 0 Å². The SMILES string of the molecule is COc1ccc(CN2C(=O)c3[nH]nc(-c4ccc(OC)cc4)c3C2c2cccc(Br)c2)cc1. The monoisotopic (exact) mass is 503 g/mol. The van der Waals surface area contributed by atoms with Gasteiger partial charge in [-0.25, -0.2) is 0 Å². The lowest BCUT2D eigenvalue weighted by molar-refractivity contribution is 0.0730. The van der Waals surface area contributed by atoms with Gasteiger partial charge >= 0.3 is 0 Å². The summed E-state index contributed by atoms with van der Waals surface area (Å²) in [5.41, 5.74) is 5.14. The molecule has 1 aliphatic heterocycles. The van der Waals surface area contributed by atoms with Crippen LogP contribution in [0, 0.1) is 0 Å². The number of hydrogen-bond acceptors (Lipinski definition) is 4. The van der Waals surface area contributed by atoms with E-state index in [4.69, 9.17) is 9.47 Å². The molecule has 0 aliphatic carbocycles. The Morgan fingerprint density at radius 2 is 1.64 bits per heavy atom. The van der Waals surface area contributed by atoms with E-state index < -0.39 is 0 Å². The molecule has 6 nitrogen and oxygen atoms in total. The highest BCUT2D eigenvalue weighted by Crippen LogP contribution is 2.44. The van der Waals surface area contributed by atoms with Crippen molar-refractivity contribution in [2.45, 2.75) is 12.6 Å². The van der Waals surface area contributed by atoms with Gasteiger partial charge in [-0.1, -0.05) is 40.2 Å². The molecule has 33 heavy (non-hydrogen) atoms. The molecule has 0 spiro atoms. The van der Waals surface area contributed by atoms with E-state index in [0.717, 1.165) is 43.9 Å². The van der Waals surface area contributed by atoms with Gasteiger partial charge in [0.25, 0.3) is 5.91 Å². The normalized spacial score (nSPS) is 14.9. The lowest BCUT2D eigenvalue weighted by Crippen LogP contribution is -2.29. The third kappa shape index (κ3) is 3.89. The third-order valence-electron chi connectivity index (χ3n) is 5.90. The number of aromatic amines is 1. The van der Waals surface area contributed by atoms with Crippen molar-refractivity contribution in [1.82, 2.24) is 15.1 Å². The molecule has 1 unspecified atom stereocenters. The van der Waals surface area contributed by atoms with E-state index in [1.807, 2.05) is 71.6 Å². The zero-order chi connectivity index (χ0) is 22.9. The minimum Gasteiger partial charge on any atom is -0.497 e. The van der Waals surface area contributed by atoms with Crippen molar-refractivity contribution in [3.63, 3.8) is 0 Å². The van der Waals surface area contributed by atoms with Gasteiger partial charge in [-0.15, -0.1) is 0 Å². The van der Waals surface area contributed by atoms with Crippen LogP contribution in [-0.4, -0.2) is 35.2 Å². The third-order valence-corrected chi connectivity index (χ3v) is 6.40. The first kappa shape index (κ1) is 21.3. The van der Waals surface area contributed by atoms with Gasteiger partial charge in [-0.3, -0.25) is 9.89 Å². The summed E-state index contributed by atoms with van der Waals surface area (Å²) >= 11 is 3.58. The van der Waals surface area contributed by atoms with Gasteiger partial charge < -0.3 is 14.4 Å². The highest BCUT2D eigenvalue weighted by Gasteiger charge is 2.42. The van der Waals surface area contributed by atoms with E-state index in [1.165, 1.54) is 0 Å². The van der Waals surface area contributed by atoms with E-state index in [2.05, 4.69) is 32.2 Å². The molecule has 0 bridgehead atoms. The van der Waals surface area contributed by atoms with Crippen LogP contribution in [0.5, 0.6) is 11.5 Å². The van der Waals surface area contributed by atoms with Gasteiger partial charge in [-0.05, 0) is 59.7 Å². The second-order valence-electron chi connectivity index (χ2n) is 7.83. The van der Waals surface area contributed by atoms with Crippen LogP contribution in [0.2, 0.25) is 0 Å². The van der Waals surface area contributed by atoms with Gasteiger partial charge in [0.2, 0.25) is 0 Å². The highest BCUT2D eigenvalue weighted by molar-refractivity contribution is 9.10. The summed E-state index contributed by atoms with van der Waals surface area (Å²) in [5.74, 6) is 1.48. The van der Waals surface area contributed by atoms with E-state index in [1.54, 1.807) is 14.2 Å². The van der Waals surface area contributed by atoms with Crippen molar-refractivity contribution >= 4 is 21.8 Å². The Morgan fingerprint density at radius 1 is 0.970 bits per heavy atom. The Hall–Kier alpha value is -3.58. The fourth-order valence-electron chi connectivity index (χ4n) is 4.28. The Morgan fingerprint density at radius 3 is 2.27 bits per heavy atom. The molecule has 1 atom stereocenters. The average molecular weight is 504 g/mol. The van der Waals surface area contributed by atoms with Crippen LogP contribution in [0.15, 0.2) is 77.3 Å². The molecule has 2 heterocycles. The zero-order valence-electron chi connectivity index (χ0n) is 18.2. The number of hydrogen-bond donors (Lipinski definition) is 1. The van der Waals surface area contributed by atoms with Crippen LogP contribution in [0.25, 0.3) is 11.3 Å². The molecule has 0 saturated carbocycles. The Balaban J connectivity index is 1.60. The highest BCUT2D eigenvalue weighted by atomic mass is 79.9. The largest absolute Gasteiger partial charge is 0.497 e. The molecule has 5 rings (SSSR count). The minimum absolute atomic E-state index is 0.0712. The number of carbonyl (C=O) groups excluding carboxylic acids is 1. The number of H-pyrrole nitrogens is 1. The van der Waals surface area contributed by atoms with Crippen molar-refractivity contribution in [2.75, 3.05) is 14.2 Å². The number of halogens is 1. The van der Waals surface area contributed by atoms with E-state index >= 15 is 0 Å². The first-order valence-electron chi connectivity index (χ1n) is 10.5. The quantitative estimate of drug-likeness (QED) is 0.371. The number of aromatic nitrogens is 2. The molecular formula is C26H22BrN3O3. The lowest BCUT2D eigenvalue weighted by atomic mass is 9.96. The first-order valence-corrected chi connectivity index (χ1v) is 11.3. The second kappa shape index (κ2) is 8.75. The molecule has 166 valence electrons. The minimum atomic E-state index is -0.275. The van der Waals surface area contributed by atoms with E-state index in [9.17, 15) is 4.79 Å². The molecule has 1 aliphatic rings. The summed E-state index contributed by atoms with van der Waals surface area (Å²) in [4.78, 5) is 15.4. The summed E-state index contributed by atoms with van der Waals surface area (Å²) < 4.78 is 11.5. The predicted octanol–water partition coefficient (Wildman–Crippen LogP) is 5.60. The summed E-state index contributed by atoms with van der Waals surface area (Å²) in [6.07, 6.45) is 0. The molecule has 7 heteroatoms. The molecule has 1 amide bonds. The molecular weight excluding hydrogens is 482 g/mol. The van der Waals surface area contributed by atoms with Crippen LogP contribution in [0.4, 0.5) is 0 Å². The smallest absolute Gasteiger partial charge is 0.273 e. The number of methoxy groups -OCH3 is 2. The van der Waals surface area contributed by atoms with Crippen LogP contribution >= 0.6 is 15.9 Å². The van der Waals surface area contributed by atoms with Gasteiger partial charge in [0.15, 0.2) is 0 Å². The van der Waals surface area contributed by atoms with Gasteiger partial charge in [0.1, 0.15) is 17.2 Å². The number of benzene rings is 3. The molecule has 4 aromatic rings. The first-order chi connectivity index (χ1) is 16.1. The van der Waals surface area contributed by atoms with Crippen molar-refractivity contribution in [1.29, 1.82) is 0 Å². The topological polar surface area (TPSA) is 67.5 Å². The molecule has 3 aromatic carbocycles. The Labute approximate surface area is 200 Å². The molecule has 1 aromatic heterocycles. The Bertz CT molecular complexity index is 1300. The summed E-state index contributed by atoms with van der Waals surface area (Å²) in [6, 6.07) is 23.3. The fourth-order valence-corrected chi connectivity index (χ4v) is 4.70. The number of fused-ring (bicyclic) bond motifs is 1. The van der Waals surface area contributed by atoms with Crippen molar-refractivity contribution in [3.05, 3.63) is 99.7 Å². The molecule has 0 saturated heterocycles. The maximum atomic E-state index is 13.5. The maximum Gasteiger partial charge on any atom is 0.273 e. The number of carbonyl (C=O) groups is 1. The number of ether oxygens (including phenoxy) is 2. The van der Waals surface area contributed by atoms with Crippen LogP contribution in [0.1, 0.15) is 33.2 Å². The molecule has 0 fully saturated rings. The van der Waals surface area contributed by atoms with Gasteiger partial charge in [0.05, 0.1) is 26.0 Å². The molecule has 0 radical (unpaired) electrons. The van der Waals surface area contributed by atoms with Crippen molar-refractivity contribution < 1.29 is 14.3 Å². The number of amides is 1. The summed E-state index contributed by atoms with van der Waals surface area (Å²) in [6.45, 7) is 0.463. The fraction of sp³-hybridized carbons (Fsp3) is 0.154. The van der Waals surface area contributed by atoms with E-state index in [0.29, 0.717) is 12.2 Å². The van der Waals surface area contributed by atoms with Crippen LogP contribution < -0.4 is 9.47 Å². The standard InChI is InChI=1S/C26H22BrN3O3/c1-32-20-10-6-16(7-11-20)15-30-25(18-4-3-5-19(27)14-18)22-23(28-29-24(22)26(30)31)17-8-12-21(33-2)13-9-17/h3-14,25H,15H2,1-2H3,(H,28,29). The number of nitrogens with one attached hydrogen (secondary N) is 1. The van der Waals surface area contributed by atoms with Gasteiger partial charge in [0, 0.05) is 22.1 Å². The zero-order valence-corrected chi connectivity index (χ0v) is 19.8. The average Bonchev–Trinajstić information content (AvgIpc) is 3.39. The lowest BCUT2D eigenvalue weighted by Gasteiger charge is -2.27. The second-order valence-corrected chi connectivity index (χ2v) is 8.74. The number of rotatable bonds is 6. The van der Waals surface area contributed by atoms with E-state index in [-0.39, 0.29) is 11.9 Å². The van der Waals surface area contributed by atoms with Gasteiger partial charge in [-0.2, -0.15) is 5.10 Å². The summed E-state index contributed by atoms with van der Waals surface area (Å²) in [5, 5.41) is 7.54. The Kier molecular flexibility index (Phi) is 5.64. The van der Waals surface area contributed by atoms with Crippen LogP contribution in [-0.2, 0) is 6.54 Å². The van der Waals surface area contributed by atoms with Crippen molar-refractivity contribution in [3.8, 4) is 22.8 Å².